The quantitative estimate of drug-likeness (QED) is 0.789. The first kappa shape index (κ1) is 13.0. The SMILES string of the molecule is Cc1csc(N2C(=O)C(CC(C)C)N(C)C2=O)n1. The molecule has 0 bridgehead atoms. The van der Waals surface area contributed by atoms with E-state index in [0.717, 1.165) is 5.69 Å². The molecule has 1 unspecified atom stereocenters. The van der Waals surface area contributed by atoms with E-state index in [-0.39, 0.29) is 18.0 Å². The number of thiazole rings is 1. The van der Waals surface area contributed by atoms with Gasteiger partial charge in [0.15, 0.2) is 0 Å². The zero-order valence-corrected chi connectivity index (χ0v) is 11.8. The van der Waals surface area contributed by atoms with E-state index in [1.54, 1.807) is 7.05 Å². The lowest BCUT2D eigenvalue weighted by Gasteiger charge is -2.17. The van der Waals surface area contributed by atoms with Crippen molar-refractivity contribution in [2.24, 2.45) is 5.92 Å². The Bertz CT molecular complexity index is 483. The van der Waals surface area contributed by atoms with Gasteiger partial charge in [-0.1, -0.05) is 13.8 Å². The second-order valence-corrected chi connectivity index (χ2v) is 5.82. The molecule has 18 heavy (non-hydrogen) atoms. The number of carbonyl (C=O) groups excluding carboxylic acids is 2. The van der Waals surface area contributed by atoms with Gasteiger partial charge in [0.1, 0.15) is 6.04 Å². The van der Waals surface area contributed by atoms with Crippen LogP contribution < -0.4 is 4.90 Å². The molecule has 5 nitrogen and oxygen atoms in total. The van der Waals surface area contributed by atoms with E-state index in [2.05, 4.69) is 4.98 Å². The Morgan fingerprint density at radius 3 is 2.61 bits per heavy atom. The number of aromatic nitrogens is 1. The number of urea groups is 1. The van der Waals surface area contributed by atoms with E-state index in [9.17, 15) is 9.59 Å². The molecule has 1 aromatic heterocycles. The van der Waals surface area contributed by atoms with Crippen LogP contribution in [0, 0.1) is 12.8 Å². The van der Waals surface area contributed by atoms with Gasteiger partial charge in [0, 0.05) is 12.4 Å². The average Bonchev–Trinajstić information content (AvgIpc) is 2.78. The maximum Gasteiger partial charge on any atom is 0.333 e. The van der Waals surface area contributed by atoms with E-state index < -0.39 is 0 Å². The molecule has 3 amide bonds. The maximum absolute atomic E-state index is 12.3. The molecule has 1 saturated heterocycles. The van der Waals surface area contributed by atoms with Gasteiger partial charge >= 0.3 is 6.03 Å². The highest BCUT2D eigenvalue weighted by molar-refractivity contribution is 7.14. The van der Waals surface area contributed by atoms with Gasteiger partial charge in [0.2, 0.25) is 5.13 Å². The van der Waals surface area contributed by atoms with Crippen molar-refractivity contribution in [2.75, 3.05) is 11.9 Å². The van der Waals surface area contributed by atoms with Crippen LogP contribution in [-0.4, -0.2) is 34.9 Å². The molecule has 1 atom stereocenters. The summed E-state index contributed by atoms with van der Waals surface area (Å²) in [4.78, 5) is 31.3. The van der Waals surface area contributed by atoms with E-state index in [1.807, 2.05) is 26.2 Å². The molecule has 98 valence electrons. The number of amides is 3. The molecule has 2 heterocycles. The summed E-state index contributed by atoms with van der Waals surface area (Å²) in [6.07, 6.45) is 0.682. The predicted molar refractivity (Wildman–Crippen MR) is 70.7 cm³/mol. The minimum atomic E-state index is -0.360. The van der Waals surface area contributed by atoms with Crippen molar-refractivity contribution in [1.29, 1.82) is 0 Å². The zero-order chi connectivity index (χ0) is 13.4. The molecule has 6 heteroatoms. The highest BCUT2D eigenvalue weighted by atomic mass is 32.1. The van der Waals surface area contributed by atoms with Crippen molar-refractivity contribution in [3.63, 3.8) is 0 Å². The van der Waals surface area contributed by atoms with Crippen molar-refractivity contribution in [2.45, 2.75) is 33.2 Å². The molecule has 0 saturated carbocycles. The smallest absolute Gasteiger partial charge is 0.315 e. The summed E-state index contributed by atoms with van der Waals surface area (Å²) in [5.74, 6) is 0.206. The first-order chi connectivity index (χ1) is 8.41. The number of rotatable bonds is 3. The first-order valence-electron chi connectivity index (χ1n) is 5.94. The van der Waals surface area contributed by atoms with Crippen LogP contribution in [-0.2, 0) is 4.79 Å². The summed E-state index contributed by atoms with van der Waals surface area (Å²) in [6, 6.07) is -0.637. The summed E-state index contributed by atoms with van der Waals surface area (Å²) in [6.45, 7) is 5.93. The van der Waals surface area contributed by atoms with Crippen LogP contribution in [0.25, 0.3) is 0 Å². The number of anilines is 1. The van der Waals surface area contributed by atoms with Crippen LogP contribution in [0.3, 0.4) is 0 Å². The largest absolute Gasteiger partial charge is 0.333 e. The van der Waals surface area contributed by atoms with Gasteiger partial charge in [-0.3, -0.25) is 4.79 Å². The molecule has 1 aromatic rings. The molecular weight excluding hydrogens is 250 g/mol. The van der Waals surface area contributed by atoms with Crippen molar-refractivity contribution < 1.29 is 9.59 Å². The lowest BCUT2D eigenvalue weighted by Crippen LogP contribution is -2.32. The van der Waals surface area contributed by atoms with Crippen molar-refractivity contribution in [1.82, 2.24) is 9.88 Å². The van der Waals surface area contributed by atoms with Gasteiger partial charge < -0.3 is 4.90 Å². The Hall–Kier alpha value is -1.43. The summed E-state index contributed by atoms with van der Waals surface area (Å²) in [5.41, 5.74) is 0.825. The second-order valence-electron chi connectivity index (χ2n) is 4.98. The lowest BCUT2D eigenvalue weighted by atomic mass is 10.0. The fraction of sp³-hybridized carbons (Fsp3) is 0.583. The minimum absolute atomic E-state index is 0.162. The monoisotopic (exact) mass is 267 g/mol. The third-order valence-electron chi connectivity index (χ3n) is 2.96. The summed E-state index contributed by atoms with van der Waals surface area (Å²) >= 11 is 1.32. The molecule has 1 fully saturated rings. The van der Waals surface area contributed by atoms with Crippen molar-refractivity contribution >= 4 is 28.4 Å². The van der Waals surface area contributed by atoms with Gasteiger partial charge in [-0.05, 0) is 19.3 Å². The Labute approximate surface area is 110 Å². The number of nitrogens with zero attached hydrogens (tertiary/aromatic N) is 3. The third kappa shape index (κ3) is 2.12. The standard InChI is InChI=1S/C12H17N3O2S/c1-7(2)5-9-10(16)15(12(17)14(9)4)11-13-8(3)6-18-11/h6-7,9H,5H2,1-4H3. The van der Waals surface area contributed by atoms with E-state index in [1.165, 1.54) is 21.1 Å². The Morgan fingerprint density at radius 1 is 1.44 bits per heavy atom. The third-order valence-corrected chi connectivity index (χ3v) is 3.90. The van der Waals surface area contributed by atoms with Crippen LogP contribution in [0.15, 0.2) is 5.38 Å². The van der Waals surface area contributed by atoms with Crippen molar-refractivity contribution in [3.05, 3.63) is 11.1 Å². The van der Waals surface area contributed by atoms with E-state index in [0.29, 0.717) is 17.5 Å². The Morgan fingerprint density at radius 2 is 2.11 bits per heavy atom. The highest BCUT2D eigenvalue weighted by Gasteiger charge is 2.45. The molecule has 2 rings (SSSR count). The fourth-order valence-corrected chi connectivity index (χ4v) is 2.82. The lowest BCUT2D eigenvalue weighted by molar-refractivity contribution is -0.119. The van der Waals surface area contributed by atoms with Crippen LogP contribution in [0.5, 0.6) is 0 Å². The van der Waals surface area contributed by atoms with Crippen LogP contribution in [0.1, 0.15) is 26.0 Å². The Balaban J connectivity index is 2.28. The van der Waals surface area contributed by atoms with Crippen LogP contribution >= 0.6 is 11.3 Å². The highest BCUT2D eigenvalue weighted by Crippen LogP contribution is 2.29. The fourth-order valence-electron chi connectivity index (χ4n) is 2.03. The number of imide groups is 1. The molecule has 1 aliphatic rings. The minimum Gasteiger partial charge on any atom is -0.315 e. The van der Waals surface area contributed by atoms with Gasteiger partial charge in [0.05, 0.1) is 5.69 Å². The molecule has 1 aliphatic heterocycles. The molecule has 0 N–H and O–H groups in total. The van der Waals surface area contributed by atoms with Crippen molar-refractivity contribution in [3.8, 4) is 0 Å². The van der Waals surface area contributed by atoms with Crippen LogP contribution in [0.2, 0.25) is 0 Å². The average molecular weight is 267 g/mol. The van der Waals surface area contributed by atoms with Gasteiger partial charge in [-0.15, -0.1) is 11.3 Å². The molecule has 0 aromatic carbocycles. The first-order valence-corrected chi connectivity index (χ1v) is 6.82. The molecule has 0 radical (unpaired) electrons. The van der Waals surface area contributed by atoms with Gasteiger partial charge in [-0.2, -0.15) is 0 Å². The molecule has 0 aliphatic carbocycles. The number of hydrogen-bond donors (Lipinski definition) is 0. The summed E-state index contributed by atoms with van der Waals surface area (Å²) in [7, 11) is 1.67. The molecular formula is C12H17N3O2S. The number of aryl methyl sites for hydroxylation is 1. The number of likely N-dealkylation sites (N-methyl/N-ethyl adjacent to an activating group) is 1. The zero-order valence-electron chi connectivity index (χ0n) is 11.0. The normalized spacial score (nSPS) is 20.4. The predicted octanol–water partition coefficient (Wildman–Crippen LogP) is 2.26. The second kappa shape index (κ2) is 4.68. The van der Waals surface area contributed by atoms with Gasteiger partial charge in [0.25, 0.3) is 5.91 Å². The molecule has 0 spiro atoms. The number of hydrogen-bond acceptors (Lipinski definition) is 4. The summed E-state index contributed by atoms with van der Waals surface area (Å²) in [5, 5.41) is 2.31. The summed E-state index contributed by atoms with van der Waals surface area (Å²) < 4.78 is 0. The van der Waals surface area contributed by atoms with Gasteiger partial charge in [-0.25, -0.2) is 14.7 Å². The van der Waals surface area contributed by atoms with E-state index >= 15 is 0 Å². The number of carbonyl (C=O) groups is 2. The van der Waals surface area contributed by atoms with E-state index in [4.69, 9.17) is 0 Å². The maximum atomic E-state index is 12.3. The topological polar surface area (TPSA) is 53.5 Å². The Kier molecular flexibility index (Phi) is 3.38. The van der Waals surface area contributed by atoms with Crippen LogP contribution in [0.4, 0.5) is 9.93 Å².